The molecule has 0 spiro atoms. The molecule has 0 amide bonds. The van der Waals surface area contributed by atoms with Crippen molar-refractivity contribution in [3.8, 4) is 0 Å². The highest BCUT2D eigenvalue weighted by atomic mass is 32.2. The van der Waals surface area contributed by atoms with E-state index in [1.54, 1.807) is 7.05 Å². The average Bonchev–Trinajstić information content (AvgIpc) is 2.84. The molecule has 0 heterocycles. The van der Waals surface area contributed by atoms with Crippen LogP contribution in [0, 0.1) is 0 Å². The predicted molar refractivity (Wildman–Crippen MR) is 85.3 cm³/mol. The lowest BCUT2D eigenvalue weighted by molar-refractivity contribution is -0.147. The van der Waals surface area contributed by atoms with Crippen molar-refractivity contribution in [1.29, 1.82) is 0 Å². The minimum Gasteiger partial charge on any atom is -0.463 e. The molecule has 116 valence electrons. The van der Waals surface area contributed by atoms with Crippen LogP contribution in [0.3, 0.4) is 0 Å². The van der Waals surface area contributed by atoms with Crippen LogP contribution in [0.25, 0.3) is 0 Å². The molecule has 0 aromatic rings. The number of ether oxygens (including phenoxy) is 1. The summed E-state index contributed by atoms with van der Waals surface area (Å²) in [5, 5.41) is 7.34. The van der Waals surface area contributed by atoms with Crippen molar-refractivity contribution in [3.05, 3.63) is 0 Å². The molecule has 2 atom stereocenters. The zero-order chi connectivity index (χ0) is 15.0. The van der Waals surface area contributed by atoms with Crippen molar-refractivity contribution in [2.45, 2.75) is 56.9 Å². The summed E-state index contributed by atoms with van der Waals surface area (Å²) in [4.78, 5) is 15.6. The summed E-state index contributed by atoms with van der Waals surface area (Å²) in [5.41, 5.74) is 0. The van der Waals surface area contributed by atoms with E-state index in [2.05, 4.69) is 21.9 Å². The second kappa shape index (κ2) is 9.10. The van der Waals surface area contributed by atoms with Gasteiger partial charge >= 0.3 is 5.97 Å². The molecule has 1 aliphatic rings. The number of rotatable bonds is 6. The molecular formula is C14H27N3O2S. The maximum atomic E-state index is 11.4. The Morgan fingerprint density at radius 1 is 1.45 bits per heavy atom. The molecule has 5 nitrogen and oxygen atoms in total. The Morgan fingerprint density at radius 3 is 2.75 bits per heavy atom. The van der Waals surface area contributed by atoms with Gasteiger partial charge in [0.1, 0.15) is 0 Å². The number of carbonyl (C=O) groups is 1. The van der Waals surface area contributed by atoms with Crippen LogP contribution in [-0.2, 0) is 9.53 Å². The molecule has 6 heteroatoms. The highest BCUT2D eigenvalue weighted by molar-refractivity contribution is 7.99. The highest BCUT2D eigenvalue weighted by Crippen LogP contribution is 2.27. The Hall–Kier alpha value is -0.910. The van der Waals surface area contributed by atoms with E-state index in [1.165, 1.54) is 19.3 Å². The Morgan fingerprint density at radius 2 is 2.20 bits per heavy atom. The third-order valence-electron chi connectivity index (χ3n) is 3.27. The molecule has 0 aliphatic heterocycles. The molecule has 2 N–H and O–H groups in total. The molecule has 0 aromatic carbocycles. The van der Waals surface area contributed by atoms with Gasteiger partial charge in [-0.15, -0.1) is 0 Å². The minimum atomic E-state index is -0.175. The van der Waals surface area contributed by atoms with Gasteiger partial charge in [-0.05, 0) is 39.4 Å². The van der Waals surface area contributed by atoms with Crippen molar-refractivity contribution in [2.75, 3.05) is 19.8 Å². The Labute approximate surface area is 126 Å². The van der Waals surface area contributed by atoms with E-state index in [-0.39, 0.29) is 12.1 Å². The van der Waals surface area contributed by atoms with E-state index in [0.29, 0.717) is 19.0 Å². The van der Waals surface area contributed by atoms with Crippen molar-refractivity contribution >= 4 is 23.7 Å². The predicted octanol–water partition coefficient (Wildman–Crippen LogP) is 1.78. The smallest absolute Gasteiger partial charge is 0.307 e. The molecule has 1 aliphatic carbocycles. The van der Waals surface area contributed by atoms with E-state index in [0.717, 1.165) is 11.2 Å². The summed E-state index contributed by atoms with van der Waals surface area (Å²) >= 11 is 1.94. The lowest BCUT2D eigenvalue weighted by Gasteiger charge is -2.17. The average molecular weight is 301 g/mol. The molecular weight excluding hydrogens is 274 g/mol. The first-order valence-electron chi connectivity index (χ1n) is 7.24. The first kappa shape index (κ1) is 17.1. The van der Waals surface area contributed by atoms with Gasteiger partial charge in [0.05, 0.1) is 12.5 Å². The molecule has 1 saturated carbocycles. The van der Waals surface area contributed by atoms with Crippen LogP contribution in [0.5, 0.6) is 0 Å². The molecule has 1 rings (SSSR count). The van der Waals surface area contributed by atoms with Gasteiger partial charge in [-0.3, -0.25) is 9.79 Å². The van der Waals surface area contributed by atoms with Crippen LogP contribution in [0.15, 0.2) is 4.99 Å². The SMILES string of the molecule is CN=C(NCCC(=O)OC(C)C)NC1CCC(SC)C1. The van der Waals surface area contributed by atoms with Crippen LogP contribution in [0.1, 0.15) is 39.5 Å². The van der Waals surface area contributed by atoms with Crippen LogP contribution in [0.2, 0.25) is 0 Å². The number of esters is 1. The largest absolute Gasteiger partial charge is 0.463 e. The summed E-state index contributed by atoms with van der Waals surface area (Å²) in [7, 11) is 1.75. The fourth-order valence-electron chi connectivity index (χ4n) is 2.28. The van der Waals surface area contributed by atoms with Gasteiger partial charge in [-0.25, -0.2) is 0 Å². The number of thioether (sulfide) groups is 1. The van der Waals surface area contributed by atoms with Crippen LogP contribution in [-0.4, -0.2) is 49.2 Å². The summed E-state index contributed by atoms with van der Waals surface area (Å²) in [5.74, 6) is 0.598. The van der Waals surface area contributed by atoms with Crippen LogP contribution >= 0.6 is 11.8 Å². The van der Waals surface area contributed by atoms with E-state index in [4.69, 9.17) is 4.74 Å². The standard InChI is InChI=1S/C14H27N3O2S/c1-10(2)19-13(18)7-8-16-14(15-3)17-11-5-6-12(9-11)20-4/h10-12H,5-9H2,1-4H3,(H2,15,16,17). The van der Waals surface area contributed by atoms with E-state index >= 15 is 0 Å². The summed E-state index contributed by atoms with van der Waals surface area (Å²) < 4.78 is 5.09. The molecule has 2 unspecified atom stereocenters. The monoisotopic (exact) mass is 301 g/mol. The van der Waals surface area contributed by atoms with Crippen molar-refractivity contribution in [3.63, 3.8) is 0 Å². The van der Waals surface area contributed by atoms with Crippen molar-refractivity contribution < 1.29 is 9.53 Å². The number of aliphatic imine (C=N–C) groups is 1. The molecule has 0 radical (unpaired) electrons. The maximum Gasteiger partial charge on any atom is 0.307 e. The third-order valence-corrected chi connectivity index (χ3v) is 4.37. The Balaban J connectivity index is 2.22. The first-order chi connectivity index (χ1) is 9.55. The molecule has 1 fully saturated rings. The maximum absolute atomic E-state index is 11.4. The van der Waals surface area contributed by atoms with Gasteiger partial charge < -0.3 is 15.4 Å². The number of carbonyl (C=O) groups excluding carboxylic acids is 1. The number of nitrogens with one attached hydrogen (secondary N) is 2. The van der Waals surface area contributed by atoms with E-state index in [1.807, 2.05) is 25.6 Å². The highest BCUT2D eigenvalue weighted by Gasteiger charge is 2.24. The zero-order valence-corrected chi connectivity index (χ0v) is 13.8. The quantitative estimate of drug-likeness (QED) is 0.445. The van der Waals surface area contributed by atoms with E-state index < -0.39 is 0 Å². The normalized spacial score (nSPS) is 22.9. The topological polar surface area (TPSA) is 62.7 Å². The van der Waals surface area contributed by atoms with E-state index in [9.17, 15) is 4.79 Å². The Kier molecular flexibility index (Phi) is 7.80. The van der Waals surface area contributed by atoms with Crippen LogP contribution < -0.4 is 10.6 Å². The minimum absolute atomic E-state index is 0.0538. The van der Waals surface area contributed by atoms with Crippen molar-refractivity contribution in [2.24, 2.45) is 4.99 Å². The van der Waals surface area contributed by atoms with Gasteiger partial charge in [0.15, 0.2) is 5.96 Å². The number of hydrogen-bond acceptors (Lipinski definition) is 4. The van der Waals surface area contributed by atoms with Gasteiger partial charge in [-0.2, -0.15) is 11.8 Å². The fraction of sp³-hybridized carbons (Fsp3) is 0.857. The second-order valence-corrected chi connectivity index (χ2v) is 6.44. The molecule has 20 heavy (non-hydrogen) atoms. The lowest BCUT2D eigenvalue weighted by Crippen LogP contribution is -2.43. The zero-order valence-electron chi connectivity index (χ0n) is 12.9. The summed E-state index contributed by atoms with van der Waals surface area (Å²) in [6, 6.07) is 0.487. The van der Waals surface area contributed by atoms with Gasteiger partial charge in [0.25, 0.3) is 0 Å². The third kappa shape index (κ3) is 6.50. The lowest BCUT2D eigenvalue weighted by atomic mass is 10.2. The number of hydrogen-bond donors (Lipinski definition) is 2. The molecule has 0 bridgehead atoms. The summed E-state index contributed by atoms with van der Waals surface area (Å²) in [6.07, 6.45) is 6.09. The fourth-order valence-corrected chi connectivity index (χ4v) is 3.07. The van der Waals surface area contributed by atoms with Crippen molar-refractivity contribution in [1.82, 2.24) is 10.6 Å². The van der Waals surface area contributed by atoms with Gasteiger partial charge in [-0.1, -0.05) is 0 Å². The number of guanidine groups is 1. The summed E-state index contributed by atoms with van der Waals surface area (Å²) in [6.45, 7) is 4.26. The number of nitrogens with zero attached hydrogens (tertiary/aromatic N) is 1. The van der Waals surface area contributed by atoms with Gasteiger partial charge in [0.2, 0.25) is 0 Å². The van der Waals surface area contributed by atoms with Crippen LogP contribution in [0.4, 0.5) is 0 Å². The first-order valence-corrected chi connectivity index (χ1v) is 8.53. The molecule has 0 saturated heterocycles. The second-order valence-electron chi connectivity index (χ2n) is 5.30. The Bertz CT molecular complexity index is 334. The van der Waals surface area contributed by atoms with Gasteiger partial charge in [0, 0.05) is 24.9 Å². The molecule has 0 aromatic heterocycles.